The Kier molecular flexibility index (Phi) is 5.00. The van der Waals surface area contributed by atoms with E-state index in [1.54, 1.807) is 6.20 Å². The number of nitrogen functional groups attached to an aromatic ring is 1. The SMILES string of the molecule is CC(C)(C)[Si](C)(C)OC[C@H]1O[C@@H](n2ccc(N)nc2=O)C[C@@H]1O. The molecule has 3 atom stereocenters. The molecule has 1 saturated heterocycles. The van der Waals surface area contributed by atoms with E-state index in [1.165, 1.54) is 10.6 Å². The van der Waals surface area contributed by atoms with Gasteiger partial charge in [-0.05, 0) is 24.2 Å². The number of ether oxygens (including phenoxy) is 1. The fourth-order valence-electron chi connectivity index (χ4n) is 2.19. The largest absolute Gasteiger partial charge is 0.414 e. The number of aliphatic hydroxyl groups excluding tert-OH is 1. The first kappa shape index (κ1) is 18.1. The number of aromatic nitrogens is 2. The third kappa shape index (κ3) is 4.00. The molecule has 7 nitrogen and oxygen atoms in total. The van der Waals surface area contributed by atoms with Gasteiger partial charge in [-0.2, -0.15) is 4.98 Å². The first-order valence-electron chi connectivity index (χ1n) is 7.83. The average Bonchev–Trinajstić information content (AvgIpc) is 2.76. The van der Waals surface area contributed by atoms with Gasteiger partial charge in [0, 0.05) is 12.6 Å². The minimum absolute atomic E-state index is 0.0910. The minimum atomic E-state index is -1.91. The van der Waals surface area contributed by atoms with Crippen LogP contribution in [-0.2, 0) is 9.16 Å². The summed E-state index contributed by atoms with van der Waals surface area (Å²) in [6.45, 7) is 11.1. The summed E-state index contributed by atoms with van der Waals surface area (Å²) in [5, 5.41) is 10.3. The van der Waals surface area contributed by atoms with Crippen LogP contribution in [0.4, 0.5) is 5.82 Å². The number of aliphatic hydroxyl groups is 1. The van der Waals surface area contributed by atoms with Crippen LogP contribution < -0.4 is 11.4 Å². The van der Waals surface area contributed by atoms with E-state index in [1.807, 2.05) is 0 Å². The van der Waals surface area contributed by atoms with E-state index < -0.39 is 32.4 Å². The molecule has 0 bridgehead atoms. The number of hydrogen-bond acceptors (Lipinski definition) is 6. The van der Waals surface area contributed by atoms with Crippen molar-refractivity contribution in [2.45, 2.75) is 63.8 Å². The lowest BCUT2D eigenvalue weighted by Crippen LogP contribution is -2.43. The van der Waals surface area contributed by atoms with Crippen LogP contribution >= 0.6 is 0 Å². The maximum Gasteiger partial charge on any atom is 0.351 e. The summed E-state index contributed by atoms with van der Waals surface area (Å²) in [5.74, 6) is 0.169. The van der Waals surface area contributed by atoms with Crippen molar-refractivity contribution in [3.8, 4) is 0 Å². The Balaban J connectivity index is 2.03. The van der Waals surface area contributed by atoms with Gasteiger partial charge in [0.15, 0.2) is 8.32 Å². The predicted octanol–water partition coefficient (Wildman–Crippen LogP) is 1.50. The van der Waals surface area contributed by atoms with Crippen molar-refractivity contribution in [1.82, 2.24) is 9.55 Å². The van der Waals surface area contributed by atoms with Crippen molar-refractivity contribution >= 4 is 14.1 Å². The molecule has 1 aromatic heterocycles. The highest BCUT2D eigenvalue weighted by molar-refractivity contribution is 6.74. The van der Waals surface area contributed by atoms with Gasteiger partial charge in [0.1, 0.15) is 18.1 Å². The summed E-state index contributed by atoms with van der Waals surface area (Å²) in [6, 6.07) is 1.54. The lowest BCUT2D eigenvalue weighted by Gasteiger charge is -2.37. The average molecular weight is 341 g/mol. The molecule has 0 unspecified atom stereocenters. The molecular weight excluding hydrogens is 314 g/mol. The van der Waals surface area contributed by atoms with Crippen LogP contribution in [0.1, 0.15) is 33.4 Å². The van der Waals surface area contributed by atoms with Gasteiger partial charge in [-0.3, -0.25) is 4.57 Å². The molecule has 0 radical (unpaired) electrons. The van der Waals surface area contributed by atoms with E-state index in [0.717, 1.165) is 0 Å². The van der Waals surface area contributed by atoms with Crippen molar-refractivity contribution < 1.29 is 14.3 Å². The summed E-state index contributed by atoms with van der Waals surface area (Å²) in [4.78, 5) is 15.6. The normalized spacial score (nSPS) is 25.7. The fourth-order valence-corrected chi connectivity index (χ4v) is 3.20. The number of anilines is 1. The molecule has 23 heavy (non-hydrogen) atoms. The molecule has 1 aliphatic heterocycles. The Morgan fingerprint density at radius 3 is 2.74 bits per heavy atom. The van der Waals surface area contributed by atoms with Gasteiger partial charge < -0.3 is 20.0 Å². The highest BCUT2D eigenvalue weighted by Crippen LogP contribution is 2.37. The molecule has 8 heteroatoms. The summed E-state index contributed by atoms with van der Waals surface area (Å²) in [7, 11) is -1.91. The Morgan fingerprint density at radius 1 is 1.52 bits per heavy atom. The number of rotatable bonds is 4. The lowest BCUT2D eigenvalue weighted by molar-refractivity contribution is -0.0432. The first-order chi connectivity index (χ1) is 10.5. The van der Waals surface area contributed by atoms with Crippen LogP contribution in [0.2, 0.25) is 18.1 Å². The van der Waals surface area contributed by atoms with Crippen molar-refractivity contribution in [3.63, 3.8) is 0 Å². The van der Waals surface area contributed by atoms with Crippen LogP contribution in [0, 0.1) is 0 Å². The predicted molar refractivity (Wildman–Crippen MR) is 90.6 cm³/mol. The molecule has 0 amide bonds. The molecule has 0 saturated carbocycles. The van der Waals surface area contributed by atoms with Crippen LogP contribution in [0.5, 0.6) is 0 Å². The zero-order valence-corrected chi connectivity index (χ0v) is 15.4. The summed E-state index contributed by atoms with van der Waals surface area (Å²) in [6.07, 6.45) is 0.210. The van der Waals surface area contributed by atoms with Crippen molar-refractivity contribution in [2.24, 2.45) is 0 Å². The van der Waals surface area contributed by atoms with Gasteiger partial charge in [0.2, 0.25) is 0 Å². The van der Waals surface area contributed by atoms with E-state index >= 15 is 0 Å². The van der Waals surface area contributed by atoms with Crippen molar-refractivity contribution in [1.29, 1.82) is 0 Å². The van der Waals surface area contributed by atoms with E-state index in [0.29, 0.717) is 13.0 Å². The van der Waals surface area contributed by atoms with Crippen molar-refractivity contribution in [2.75, 3.05) is 12.3 Å². The number of nitrogens with zero attached hydrogens (tertiary/aromatic N) is 2. The molecule has 0 aliphatic carbocycles. The molecule has 3 N–H and O–H groups in total. The Hall–Kier alpha value is -1.22. The lowest BCUT2D eigenvalue weighted by atomic mass is 10.2. The van der Waals surface area contributed by atoms with Crippen molar-refractivity contribution in [3.05, 3.63) is 22.7 Å². The maximum absolute atomic E-state index is 11.9. The second kappa shape index (κ2) is 6.35. The van der Waals surface area contributed by atoms with Gasteiger partial charge in [-0.1, -0.05) is 20.8 Å². The van der Waals surface area contributed by atoms with E-state index in [2.05, 4.69) is 38.8 Å². The third-order valence-corrected chi connectivity index (χ3v) is 9.28. The van der Waals surface area contributed by atoms with Crippen LogP contribution in [-0.4, -0.2) is 41.8 Å². The molecule has 0 spiro atoms. The number of hydrogen-bond donors (Lipinski definition) is 2. The monoisotopic (exact) mass is 341 g/mol. The third-order valence-electron chi connectivity index (χ3n) is 4.78. The molecule has 1 aliphatic rings. The van der Waals surface area contributed by atoms with Gasteiger partial charge in [0.25, 0.3) is 0 Å². The highest BCUT2D eigenvalue weighted by atomic mass is 28.4. The van der Waals surface area contributed by atoms with Gasteiger partial charge in [-0.15, -0.1) is 0 Å². The molecule has 130 valence electrons. The second-order valence-electron chi connectivity index (χ2n) is 7.55. The standard InChI is InChI=1S/C15H27N3O4Si/c1-15(2,3)23(4,5)21-9-11-10(19)8-13(22-11)18-7-6-12(16)17-14(18)20/h6-7,10-11,13,19H,8-9H2,1-5H3,(H2,16,17,20)/t10-,11+,13+/m0/s1. The molecule has 0 aromatic carbocycles. The highest BCUT2D eigenvalue weighted by Gasteiger charge is 2.41. The van der Waals surface area contributed by atoms with Gasteiger partial charge in [-0.25, -0.2) is 4.79 Å². The Labute approximate surface area is 137 Å². The smallest absolute Gasteiger partial charge is 0.351 e. The van der Waals surface area contributed by atoms with Crippen LogP contribution in [0.3, 0.4) is 0 Å². The summed E-state index contributed by atoms with van der Waals surface area (Å²) < 4.78 is 13.3. The first-order valence-corrected chi connectivity index (χ1v) is 10.7. The Morgan fingerprint density at radius 2 is 2.17 bits per heavy atom. The van der Waals surface area contributed by atoms with Gasteiger partial charge >= 0.3 is 5.69 Å². The maximum atomic E-state index is 11.9. The molecule has 1 aromatic rings. The van der Waals surface area contributed by atoms with E-state index in [4.69, 9.17) is 14.9 Å². The fraction of sp³-hybridized carbons (Fsp3) is 0.733. The van der Waals surface area contributed by atoms with Crippen LogP contribution in [0.15, 0.2) is 17.1 Å². The molecular formula is C15H27N3O4Si. The summed E-state index contributed by atoms with van der Waals surface area (Å²) >= 11 is 0. The second-order valence-corrected chi connectivity index (χ2v) is 12.4. The molecule has 2 heterocycles. The molecule has 1 fully saturated rings. The van der Waals surface area contributed by atoms with E-state index in [9.17, 15) is 9.90 Å². The molecule has 2 rings (SSSR count). The topological polar surface area (TPSA) is 99.6 Å². The zero-order valence-electron chi connectivity index (χ0n) is 14.4. The van der Waals surface area contributed by atoms with Gasteiger partial charge in [0.05, 0.1) is 12.7 Å². The van der Waals surface area contributed by atoms with Crippen LogP contribution in [0.25, 0.3) is 0 Å². The summed E-state index contributed by atoms with van der Waals surface area (Å²) in [5.41, 5.74) is 5.01. The number of nitrogens with two attached hydrogens (primary N) is 1. The quantitative estimate of drug-likeness (QED) is 0.805. The minimum Gasteiger partial charge on any atom is -0.414 e. The Bertz CT molecular complexity index is 611. The zero-order chi connectivity index (χ0) is 17.4. The van der Waals surface area contributed by atoms with E-state index in [-0.39, 0.29) is 10.9 Å².